The van der Waals surface area contributed by atoms with E-state index >= 15 is 0 Å². The number of rotatable bonds is 4. The highest BCUT2D eigenvalue weighted by Crippen LogP contribution is 2.37. The fourth-order valence-electron chi connectivity index (χ4n) is 1.27. The number of hydrogen-bond donors (Lipinski definition) is 3. The molecule has 0 aliphatic heterocycles. The quantitative estimate of drug-likeness (QED) is 0.524. The predicted molar refractivity (Wildman–Crippen MR) is 54.3 cm³/mol. The number of methoxy groups -OCH3 is 1. The Morgan fingerprint density at radius 3 is 2.69 bits per heavy atom. The molecular formula is C10H12FNO4. The Labute approximate surface area is 91.3 Å². The van der Waals surface area contributed by atoms with Crippen molar-refractivity contribution in [2.24, 2.45) is 5.73 Å². The number of aromatic hydroxyl groups is 2. The van der Waals surface area contributed by atoms with E-state index in [9.17, 15) is 19.4 Å². The highest BCUT2D eigenvalue weighted by molar-refractivity contribution is 6.00. The van der Waals surface area contributed by atoms with E-state index < -0.39 is 28.7 Å². The number of ketones is 1. The number of Topliss-reactive ketones (excluding diaryl/α,β-unsaturated/α-hetero) is 1. The summed E-state index contributed by atoms with van der Waals surface area (Å²) in [5, 5.41) is 18.7. The van der Waals surface area contributed by atoms with E-state index in [1.807, 2.05) is 0 Å². The van der Waals surface area contributed by atoms with Gasteiger partial charge in [0.05, 0.1) is 7.11 Å². The topological polar surface area (TPSA) is 92.8 Å². The third kappa shape index (κ3) is 2.06. The molecule has 16 heavy (non-hydrogen) atoms. The summed E-state index contributed by atoms with van der Waals surface area (Å²) in [6.07, 6.45) is -0.128. The molecule has 1 rings (SSSR count). The first-order chi connectivity index (χ1) is 7.52. The Hall–Kier alpha value is -1.82. The van der Waals surface area contributed by atoms with Crippen LogP contribution in [0.2, 0.25) is 0 Å². The summed E-state index contributed by atoms with van der Waals surface area (Å²) in [5.74, 6) is -3.41. The van der Waals surface area contributed by atoms with Crippen LogP contribution in [0.3, 0.4) is 0 Å². The average molecular weight is 229 g/mol. The molecule has 0 amide bonds. The van der Waals surface area contributed by atoms with Gasteiger partial charge in [-0.3, -0.25) is 4.79 Å². The van der Waals surface area contributed by atoms with E-state index in [4.69, 9.17) is 5.73 Å². The van der Waals surface area contributed by atoms with Gasteiger partial charge in [-0.15, -0.1) is 0 Å². The molecule has 0 fully saturated rings. The molecule has 0 saturated heterocycles. The van der Waals surface area contributed by atoms with Crippen molar-refractivity contribution in [2.75, 3.05) is 13.7 Å². The maximum absolute atomic E-state index is 13.6. The van der Waals surface area contributed by atoms with Gasteiger partial charge in [0.2, 0.25) is 0 Å². The van der Waals surface area contributed by atoms with Crippen molar-refractivity contribution < 1.29 is 24.1 Å². The van der Waals surface area contributed by atoms with E-state index in [1.54, 1.807) is 0 Å². The third-order valence-electron chi connectivity index (χ3n) is 2.05. The zero-order chi connectivity index (χ0) is 12.3. The Kier molecular flexibility index (Phi) is 3.68. The largest absolute Gasteiger partial charge is 0.504 e. The smallest absolute Gasteiger partial charge is 0.179 e. The van der Waals surface area contributed by atoms with Gasteiger partial charge in [0.15, 0.2) is 28.8 Å². The van der Waals surface area contributed by atoms with Crippen LogP contribution in [-0.2, 0) is 0 Å². The van der Waals surface area contributed by atoms with Crippen molar-refractivity contribution in [3.8, 4) is 17.2 Å². The molecule has 0 aliphatic rings. The molecule has 1 aromatic carbocycles. The normalized spacial score (nSPS) is 10.2. The molecule has 0 unspecified atom stereocenters. The van der Waals surface area contributed by atoms with Gasteiger partial charge in [0, 0.05) is 12.5 Å². The van der Waals surface area contributed by atoms with Crippen molar-refractivity contribution >= 4 is 5.78 Å². The summed E-state index contributed by atoms with van der Waals surface area (Å²) in [7, 11) is 1.19. The molecule has 0 aromatic heterocycles. The molecule has 0 bridgehead atoms. The number of phenolic OH excluding ortho intramolecular Hbond substituents is 2. The van der Waals surface area contributed by atoms with Crippen molar-refractivity contribution in [1.29, 1.82) is 0 Å². The molecule has 0 aliphatic carbocycles. The number of nitrogens with two attached hydrogens (primary N) is 1. The van der Waals surface area contributed by atoms with Gasteiger partial charge < -0.3 is 20.7 Å². The zero-order valence-electron chi connectivity index (χ0n) is 8.66. The van der Waals surface area contributed by atoms with E-state index in [-0.39, 0.29) is 18.7 Å². The second-order valence-electron chi connectivity index (χ2n) is 3.10. The number of carbonyl (C=O) groups excluding carboxylic acids is 1. The second-order valence-corrected chi connectivity index (χ2v) is 3.10. The Morgan fingerprint density at radius 1 is 1.56 bits per heavy atom. The molecule has 0 atom stereocenters. The lowest BCUT2D eigenvalue weighted by atomic mass is 10.1. The van der Waals surface area contributed by atoms with E-state index in [0.29, 0.717) is 0 Å². The van der Waals surface area contributed by atoms with Crippen LogP contribution in [0, 0.1) is 5.82 Å². The molecule has 1 aromatic rings. The van der Waals surface area contributed by atoms with Crippen LogP contribution in [0.4, 0.5) is 4.39 Å². The number of halogens is 1. The predicted octanol–water partition coefficient (Wildman–Crippen LogP) is 0.777. The van der Waals surface area contributed by atoms with E-state index in [2.05, 4.69) is 4.74 Å². The first-order valence-corrected chi connectivity index (χ1v) is 4.54. The van der Waals surface area contributed by atoms with Crippen LogP contribution in [0.1, 0.15) is 16.8 Å². The van der Waals surface area contributed by atoms with Crippen molar-refractivity contribution in [3.63, 3.8) is 0 Å². The molecule has 0 spiro atoms. The number of hydrogen-bond acceptors (Lipinski definition) is 5. The third-order valence-corrected chi connectivity index (χ3v) is 2.05. The molecule has 88 valence electrons. The summed E-state index contributed by atoms with van der Waals surface area (Å²) >= 11 is 0. The van der Waals surface area contributed by atoms with E-state index in [0.717, 1.165) is 6.07 Å². The Balaban J connectivity index is 3.35. The second kappa shape index (κ2) is 4.80. The van der Waals surface area contributed by atoms with Crippen LogP contribution < -0.4 is 10.5 Å². The van der Waals surface area contributed by atoms with Gasteiger partial charge in [0.1, 0.15) is 5.56 Å². The molecule has 6 heteroatoms. The lowest BCUT2D eigenvalue weighted by Crippen LogP contribution is -2.10. The van der Waals surface area contributed by atoms with Crippen LogP contribution in [-0.4, -0.2) is 29.7 Å². The summed E-state index contributed by atoms with van der Waals surface area (Å²) in [4.78, 5) is 11.5. The number of carbonyl (C=O) groups is 1. The van der Waals surface area contributed by atoms with Gasteiger partial charge in [0.25, 0.3) is 0 Å². The van der Waals surface area contributed by atoms with Gasteiger partial charge >= 0.3 is 0 Å². The Bertz CT molecular complexity index is 420. The monoisotopic (exact) mass is 229 g/mol. The van der Waals surface area contributed by atoms with Crippen molar-refractivity contribution in [1.82, 2.24) is 0 Å². The highest BCUT2D eigenvalue weighted by Gasteiger charge is 2.23. The summed E-state index contributed by atoms with van der Waals surface area (Å²) in [6.45, 7) is 0.0235. The van der Waals surface area contributed by atoms with Crippen LogP contribution >= 0.6 is 0 Å². The van der Waals surface area contributed by atoms with Gasteiger partial charge in [-0.1, -0.05) is 0 Å². The maximum atomic E-state index is 13.6. The van der Waals surface area contributed by atoms with Gasteiger partial charge in [-0.25, -0.2) is 4.39 Å². The summed E-state index contributed by atoms with van der Waals surface area (Å²) < 4.78 is 18.2. The SMILES string of the molecule is COc1cc(O)c(O)c(C(=O)CCN)c1F. The molecule has 0 saturated carbocycles. The lowest BCUT2D eigenvalue weighted by Gasteiger charge is -2.10. The van der Waals surface area contributed by atoms with Crippen molar-refractivity contribution in [2.45, 2.75) is 6.42 Å². The van der Waals surface area contributed by atoms with Gasteiger partial charge in [-0.2, -0.15) is 0 Å². The average Bonchev–Trinajstić information content (AvgIpc) is 2.24. The van der Waals surface area contributed by atoms with Crippen molar-refractivity contribution in [3.05, 3.63) is 17.4 Å². The van der Waals surface area contributed by atoms with Gasteiger partial charge in [-0.05, 0) is 6.54 Å². The first-order valence-electron chi connectivity index (χ1n) is 4.54. The fraction of sp³-hybridized carbons (Fsp3) is 0.300. The molecular weight excluding hydrogens is 217 g/mol. The fourth-order valence-corrected chi connectivity index (χ4v) is 1.27. The number of phenols is 2. The molecule has 0 heterocycles. The Morgan fingerprint density at radius 2 is 2.19 bits per heavy atom. The molecule has 5 nitrogen and oxygen atoms in total. The molecule has 0 radical (unpaired) electrons. The minimum atomic E-state index is -1.00. The van der Waals surface area contributed by atoms with Crippen LogP contribution in [0.15, 0.2) is 6.07 Å². The molecule has 4 N–H and O–H groups in total. The first kappa shape index (κ1) is 12.3. The lowest BCUT2D eigenvalue weighted by molar-refractivity contribution is 0.0977. The maximum Gasteiger partial charge on any atom is 0.179 e. The highest BCUT2D eigenvalue weighted by atomic mass is 19.1. The van der Waals surface area contributed by atoms with E-state index in [1.165, 1.54) is 7.11 Å². The van der Waals surface area contributed by atoms with Crippen LogP contribution in [0.5, 0.6) is 17.2 Å². The standard InChI is InChI=1S/C10H12FNO4/c1-16-7-4-6(14)10(15)8(9(7)11)5(13)2-3-12/h4,14-15H,2-3,12H2,1H3. The summed E-state index contributed by atoms with van der Waals surface area (Å²) in [6, 6.07) is 0.893. The number of benzene rings is 1. The summed E-state index contributed by atoms with van der Waals surface area (Å²) in [5.41, 5.74) is 4.56. The minimum Gasteiger partial charge on any atom is -0.504 e. The minimum absolute atomic E-state index is 0.0235. The van der Waals surface area contributed by atoms with Crippen LogP contribution in [0.25, 0.3) is 0 Å². The number of ether oxygens (including phenoxy) is 1. The zero-order valence-corrected chi connectivity index (χ0v) is 8.66.